The van der Waals surface area contributed by atoms with Gasteiger partial charge in [0, 0.05) is 6.07 Å². The number of carbonyl (C=O) groups is 2. The Labute approximate surface area is 172 Å². The third-order valence-electron chi connectivity index (χ3n) is 4.37. The zero-order chi connectivity index (χ0) is 21.1. The molecule has 0 fully saturated rings. The van der Waals surface area contributed by atoms with Crippen molar-refractivity contribution >= 4 is 35.0 Å². The Morgan fingerprint density at radius 2 is 1.86 bits per heavy atom. The molecule has 0 radical (unpaired) electrons. The van der Waals surface area contributed by atoms with Crippen LogP contribution in [0.1, 0.15) is 24.1 Å². The van der Waals surface area contributed by atoms with Gasteiger partial charge in [-0.3, -0.25) is 10.1 Å². The van der Waals surface area contributed by atoms with Crippen LogP contribution in [0.4, 0.5) is 16.3 Å². The molecule has 29 heavy (non-hydrogen) atoms. The lowest BCUT2D eigenvalue weighted by atomic mass is 10.0. The molecular formula is C20H20ClN5O3. The van der Waals surface area contributed by atoms with Gasteiger partial charge in [0.2, 0.25) is 5.91 Å². The van der Waals surface area contributed by atoms with E-state index in [0.717, 1.165) is 5.56 Å². The summed E-state index contributed by atoms with van der Waals surface area (Å²) in [6.07, 6.45) is 0. The fourth-order valence-corrected chi connectivity index (χ4v) is 2.91. The number of phenols is 1. The van der Waals surface area contributed by atoms with Crippen molar-refractivity contribution in [3.8, 4) is 11.4 Å². The number of amides is 3. The van der Waals surface area contributed by atoms with Crippen molar-refractivity contribution in [2.75, 3.05) is 10.6 Å². The van der Waals surface area contributed by atoms with Gasteiger partial charge in [-0.15, -0.1) is 0 Å². The Morgan fingerprint density at radius 3 is 2.52 bits per heavy atom. The first-order valence-electron chi connectivity index (χ1n) is 8.78. The van der Waals surface area contributed by atoms with E-state index in [9.17, 15) is 14.7 Å². The molecule has 1 aromatic heterocycles. The molecule has 3 rings (SSSR count). The van der Waals surface area contributed by atoms with Crippen molar-refractivity contribution in [3.63, 3.8) is 0 Å². The molecule has 0 aliphatic rings. The van der Waals surface area contributed by atoms with Gasteiger partial charge in [0.25, 0.3) is 0 Å². The largest absolute Gasteiger partial charge is 0.504 e. The number of nitrogens with one attached hydrogen (secondary N) is 2. The van der Waals surface area contributed by atoms with E-state index in [-0.39, 0.29) is 16.5 Å². The number of aromatic nitrogens is 2. The topological polar surface area (TPSA) is 122 Å². The maximum absolute atomic E-state index is 12.4. The summed E-state index contributed by atoms with van der Waals surface area (Å²) in [5.74, 6) is -0.599. The summed E-state index contributed by atoms with van der Waals surface area (Å²) in [5, 5.41) is 19.7. The molecule has 1 atom stereocenters. The van der Waals surface area contributed by atoms with Crippen LogP contribution in [0.25, 0.3) is 5.69 Å². The maximum Gasteiger partial charge on any atom is 0.324 e. The smallest absolute Gasteiger partial charge is 0.324 e. The van der Waals surface area contributed by atoms with Gasteiger partial charge in [0.15, 0.2) is 5.75 Å². The van der Waals surface area contributed by atoms with E-state index in [1.54, 1.807) is 54.9 Å². The van der Waals surface area contributed by atoms with Gasteiger partial charge in [-0.05, 0) is 43.7 Å². The van der Waals surface area contributed by atoms with E-state index in [4.69, 9.17) is 17.3 Å². The monoisotopic (exact) mass is 413 g/mol. The number of phenolic OH excluding ortho intramolecular Hbond substituents is 1. The van der Waals surface area contributed by atoms with E-state index in [0.29, 0.717) is 17.2 Å². The van der Waals surface area contributed by atoms with Crippen LogP contribution in [0.15, 0.2) is 48.5 Å². The zero-order valence-corrected chi connectivity index (χ0v) is 16.6. The molecule has 3 aromatic rings. The van der Waals surface area contributed by atoms with Crippen LogP contribution >= 0.6 is 11.6 Å². The lowest BCUT2D eigenvalue weighted by Crippen LogP contribution is -2.21. The normalized spacial score (nSPS) is 11.7. The first-order valence-corrected chi connectivity index (χ1v) is 9.16. The van der Waals surface area contributed by atoms with Crippen LogP contribution in [0.3, 0.4) is 0 Å². The van der Waals surface area contributed by atoms with Crippen LogP contribution in [0.2, 0.25) is 5.02 Å². The summed E-state index contributed by atoms with van der Waals surface area (Å²) in [7, 11) is 0. The second kappa shape index (κ2) is 8.24. The van der Waals surface area contributed by atoms with Crippen molar-refractivity contribution in [2.24, 2.45) is 5.73 Å². The number of carbonyl (C=O) groups excluding carboxylic acids is 2. The van der Waals surface area contributed by atoms with Gasteiger partial charge in [0.05, 0.1) is 28.0 Å². The number of aromatic hydroxyl groups is 1. The molecule has 150 valence electrons. The SMILES string of the molecule is Cc1cc(NC(=O)Nc2cccc(Cl)c2O)n(-c2ccc(C(C)C(N)=O)cc2)n1. The van der Waals surface area contributed by atoms with Gasteiger partial charge in [-0.25, -0.2) is 9.48 Å². The van der Waals surface area contributed by atoms with E-state index >= 15 is 0 Å². The Bertz CT molecular complexity index is 1060. The minimum absolute atomic E-state index is 0.133. The molecule has 0 aliphatic heterocycles. The van der Waals surface area contributed by atoms with Gasteiger partial charge in [-0.1, -0.05) is 29.8 Å². The second-order valence-corrected chi connectivity index (χ2v) is 6.92. The fourth-order valence-electron chi connectivity index (χ4n) is 2.74. The van der Waals surface area contributed by atoms with Gasteiger partial charge in [0.1, 0.15) is 5.82 Å². The lowest BCUT2D eigenvalue weighted by Gasteiger charge is -2.12. The number of nitrogens with two attached hydrogens (primary N) is 1. The number of hydrogen-bond acceptors (Lipinski definition) is 4. The molecule has 1 unspecified atom stereocenters. The Balaban J connectivity index is 1.81. The predicted molar refractivity (Wildman–Crippen MR) is 112 cm³/mol. The summed E-state index contributed by atoms with van der Waals surface area (Å²) in [4.78, 5) is 23.7. The first-order chi connectivity index (χ1) is 13.8. The zero-order valence-electron chi connectivity index (χ0n) is 15.8. The van der Waals surface area contributed by atoms with Crippen molar-refractivity contribution in [3.05, 3.63) is 64.8 Å². The first kappa shape index (κ1) is 20.2. The summed E-state index contributed by atoms with van der Waals surface area (Å²) in [6, 6.07) is 12.9. The Morgan fingerprint density at radius 1 is 1.17 bits per heavy atom. The highest BCUT2D eigenvalue weighted by atomic mass is 35.5. The summed E-state index contributed by atoms with van der Waals surface area (Å²) >= 11 is 5.86. The van der Waals surface area contributed by atoms with Gasteiger partial charge < -0.3 is 16.2 Å². The highest BCUT2D eigenvalue weighted by molar-refractivity contribution is 6.32. The van der Waals surface area contributed by atoms with Crippen LogP contribution in [-0.4, -0.2) is 26.8 Å². The van der Waals surface area contributed by atoms with Crippen LogP contribution < -0.4 is 16.4 Å². The molecule has 0 bridgehead atoms. The molecule has 9 heteroatoms. The second-order valence-electron chi connectivity index (χ2n) is 6.51. The number of halogens is 1. The molecule has 2 aromatic carbocycles. The number of para-hydroxylation sites is 1. The molecule has 8 nitrogen and oxygen atoms in total. The van der Waals surface area contributed by atoms with E-state index in [1.165, 1.54) is 12.1 Å². The van der Waals surface area contributed by atoms with Gasteiger partial charge >= 0.3 is 6.03 Å². The number of urea groups is 1. The minimum Gasteiger partial charge on any atom is -0.504 e. The van der Waals surface area contributed by atoms with E-state index in [1.807, 2.05) is 0 Å². The highest BCUT2D eigenvalue weighted by Crippen LogP contribution is 2.31. The summed E-state index contributed by atoms with van der Waals surface area (Å²) < 4.78 is 1.56. The third-order valence-corrected chi connectivity index (χ3v) is 4.68. The molecule has 1 heterocycles. The van der Waals surface area contributed by atoms with Crippen LogP contribution in [0.5, 0.6) is 5.75 Å². The number of hydrogen-bond donors (Lipinski definition) is 4. The number of rotatable bonds is 5. The quantitative estimate of drug-likeness (QED) is 0.475. The van der Waals surface area contributed by atoms with Crippen molar-refractivity contribution in [1.82, 2.24) is 9.78 Å². The Hall–Kier alpha value is -3.52. The van der Waals surface area contributed by atoms with Crippen LogP contribution in [-0.2, 0) is 4.79 Å². The standard InChI is InChI=1S/C20H20ClN5O3/c1-11-10-17(24-20(29)23-16-5-3-4-15(21)18(16)27)26(25-11)14-8-6-13(7-9-14)12(2)19(22)28/h3-10,12,27H,1-2H3,(H2,22,28)(H2,23,24,29). The van der Waals surface area contributed by atoms with Gasteiger partial charge in [-0.2, -0.15) is 5.10 Å². The van der Waals surface area contributed by atoms with Crippen molar-refractivity contribution in [2.45, 2.75) is 19.8 Å². The number of aryl methyl sites for hydroxylation is 1. The molecule has 0 spiro atoms. The third kappa shape index (κ3) is 4.49. The number of benzene rings is 2. The summed E-state index contributed by atoms with van der Waals surface area (Å²) in [5.41, 5.74) is 7.70. The van der Waals surface area contributed by atoms with Crippen molar-refractivity contribution < 1.29 is 14.7 Å². The molecule has 0 saturated carbocycles. The van der Waals surface area contributed by atoms with E-state index < -0.39 is 17.9 Å². The predicted octanol–water partition coefficient (Wildman–Crippen LogP) is 3.77. The fraction of sp³-hybridized carbons (Fsp3) is 0.150. The number of primary amides is 1. The average molecular weight is 414 g/mol. The lowest BCUT2D eigenvalue weighted by molar-refractivity contribution is -0.119. The number of nitrogens with zero attached hydrogens (tertiary/aromatic N) is 2. The summed E-state index contributed by atoms with van der Waals surface area (Å²) in [6.45, 7) is 3.53. The molecule has 0 saturated heterocycles. The van der Waals surface area contributed by atoms with E-state index in [2.05, 4.69) is 15.7 Å². The average Bonchev–Trinajstić information content (AvgIpc) is 3.04. The maximum atomic E-state index is 12.4. The molecular weight excluding hydrogens is 394 g/mol. The highest BCUT2D eigenvalue weighted by Gasteiger charge is 2.15. The molecule has 3 amide bonds. The molecule has 5 N–H and O–H groups in total. The van der Waals surface area contributed by atoms with Crippen molar-refractivity contribution in [1.29, 1.82) is 0 Å². The molecule has 0 aliphatic carbocycles. The number of anilines is 2. The Kier molecular flexibility index (Phi) is 5.74. The minimum atomic E-state index is -0.567. The van der Waals surface area contributed by atoms with Crippen LogP contribution in [0, 0.1) is 6.92 Å².